The van der Waals surface area contributed by atoms with Gasteiger partial charge in [0, 0.05) is 11.1 Å². The molecule has 1 fully saturated rings. The van der Waals surface area contributed by atoms with Crippen LogP contribution in [0.15, 0.2) is 18.7 Å². The van der Waals surface area contributed by atoms with E-state index in [9.17, 15) is 9.18 Å². The van der Waals surface area contributed by atoms with Gasteiger partial charge in [-0.2, -0.15) is 0 Å². The molecule has 1 N–H and O–H groups in total. The van der Waals surface area contributed by atoms with Gasteiger partial charge in [-0.25, -0.2) is 4.39 Å². The third-order valence-corrected chi connectivity index (χ3v) is 4.14. The lowest BCUT2D eigenvalue weighted by molar-refractivity contribution is -0.108. The molecule has 3 nitrogen and oxygen atoms in total. The number of hydrogen-bond donors (Lipinski definition) is 1. The lowest BCUT2D eigenvalue weighted by atomic mass is 9.98. The van der Waals surface area contributed by atoms with Gasteiger partial charge >= 0.3 is 0 Å². The Bertz CT molecular complexity index is 621. The number of carbonyl (C=O) groups is 1. The van der Waals surface area contributed by atoms with Crippen molar-refractivity contribution in [1.82, 2.24) is 0 Å². The van der Waals surface area contributed by atoms with Crippen LogP contribution in [-0.4, -0.2) is 17.6 Å². The van der Waals surface area contributed by atoms with Crippen molar-refractivity contribution in [1.29, 1.82) is 5.41 Å². The van der Waals surface area contributed by atoms with Gasteiger partial charge in [0.2, 0.25) is 5.78 Å². The molecule has 0 radical (unpaired) electrons. The summed E-state index contributed by atoms with van der Waals surface area (Å²) in [4.78, 5) is 12.0. The summed E-state index contributed by atoms with van der Waals surface area (Å²) in [6.45, 7) is 5.32. The SMILES string of the molecule is C=C(C(=O)C(=N)CC)c1cc(OC2CCCC2)c(Cl)cc1F. The fourth-order valence-corrected chi connectivity index (χ4v) is 2.70. The molecular weight excluding hydrogens is 305 g/mol. The van der Waals surface area contributed by atoms with Crippen LogP contribution in [0.25, 0.3) is 5.57 Å². The molecule has 0 saturated heterocycles. The Morgan fingerprint density at radius 3 is 2.68 bits per heavy atom. The molecule has 1 aromatic rings. The highest BCUT2D eigenvalue weighted by molar-refractivity contribution is 6.54. The summed E-state index contributed by atoms with van der Waals surface area (Å²) in [5.74, 6) is -0.830. The largest absolute Gasteiger partial charge is 0.489 e. The first-order valence-electron chi connectivity index (χ1n) is 7.41. The average Bonchev–Trinajstić information content (AvgIpc) is 3.00. The number of ether oxygens (including phenoxy) is 1. The zero-order valence-corrected chi connectivity index (χ0v) is 13.3. The summed E-state index contributed by atoms with van der Waals surface area (Å²) in [5.41, 5.74) is -0.101. The molecule has 1 saturated carbocycles. The van der Waals surface area contributed by atoms with Gasteiger partial charge in [-0.3, -0.25) is 4.79 Å². The van der Waals surface area contributed by atoms with E-state index in [1.165, 1.54) is 6.07 Å². The molecule has 2 rings (SSSR count). The zero-order valence-electron chi connectivity index (χ0n) is 12.5. The van der Waals surface area contributed by atoms with Crippen molar-refractivity contribution in [3.05, 3.63) is 35.1 Å². The van der Waals surface area contributed by atoms with Crippen molar-refractivity contribution in [2.24, 2.45) is 0 Å². The molecule has 118 valence electrons. The number of rotatable bonds is 6. The highest BCUT2D eigenvalue weighted by Gasteiger charge is 2.22. The van der Waals surface area contributed by atoms with E-state index < -0.39 is 11.6 Å². The molecule has 0 aliphatic heterocycles. The Morgan fingerprint density at radius 2 is 2.09 bits per heavy atom. The molecule has 1 aliphatic carbocycles. The Kier molecular flexibility index (Phi) is 5.35. The lowest BCUT2D eigenvalue weighted by Gasteiger charge is -2.16. The molecule has 0 amide bonds. The summed E-state index contributed by atoms with van der Waals surface area (Å²) in [6.07, 6.45) is 4.46. The first-order chi connectivity index (χ1) is 10.4. The fourth-order valence-electron chi connectivity index (χ4n) is 2.50. The van der Waals surface area contributed by atoms with Gasteiger partial charge < -0.3 is 10.1 Å². The van der Waals surface area contributed by atoms with Crippen molar-refractivity contribution < 1.29 is 13.9 Å². The second-order valence-electron chi connectivity index (χ2n) is 5.43. The number of nitrogens with one attached hydrogen (secondary N) is 1. The number of ketones is 1. The third kappa shape index (κ3) is 3.55. The molecular formula is C17H19ClFNO2. The van der Waals surface area contributed by atoms with Crippen LogP contribution in [0.2, 0.25) is 5.02 Å². The molecule has 0 spiro atoms. The standard InChI is InChI=1S/C17H19ClFNO2/c1-3-15(20)17(21)10(2)12-8-16(13(18)9-14(12)19)22-11-6-4-5-7-11/h8-9,11,20H,2-7H2,1H3. The first-order valence-corrected chi connectivity index (χ1v) is 7.79. The average molecular weight is 324 g/mol. The number of halogens is 2. The van der Waals surface area contributed by atoms with E-state index in [4.69, 9.17) is 21.7 Å². The second-order valence-corrected chi connectivity index (χ2v) is 5.83. The number of Topliss-reactive ketones (excluding diaryl/α,β-unsaturated/α-hetero) is 1. The molecule has 0 heterocycles. The molecule has 22 heavy (non-hydrogen) atoms. The van der Waals surface area contributed by atoms with Gasteiger partial charge in [-0.15, -0.1) is 0 Å². The van der Waals surface area contributed by atoms with Crippen LogP contribution in [0.3, 0.4) is 0 Å². The van der Waals surface area contributed by atoms with Crippen LogP contribution in [0.5, 0.6) is 5.75 Å². The normalized spacial score (nSPS) is 14.9. The molecule has 0 atom stereocenters. The van der Waals surface area contributed by atoms with E-state index in [2.05, 4.69) is 6.58 Å². The van der Waals surface area contributed by atoms with E-state index in [1.54, 1.807) is 6.92 Å². The predicted octanol–water partition coefficient (Wildman–Crippen LogP) is 4.81. The minimum Gasteiger partial charge on any atom is -0.489 e. The van der Waals surface area contributed by atoms with Gasteiger partial charge in [-0.1, -0.05) is 25.1 Å². The topological polar surface area (TPSA) is 50.2 Å². The number of allylic oxidation sites excluding steroid dienone is 1. The summed E-state index contributed by atoms with van der Waals surface area (Å²) in [6, 6.07) is 2.55. The fraction of sp³-hybridized carbons (Fsp3) is 0.412. The maximum atomic E-state index is 14.1. The third-order valence-electron chi connectivity index (χ3n) is 3.84. The molecule has 0 bridgehead atoms. The van der Waals surface area contributed by atoms with Gasteiger partial charge in [0.05, 0.1) is 16.8 Å². The molecule has 0 aromatic heterocycles. The lowest BCUT2D eigenvalue weighted by Crippen LogP contribution is -2.15. The molecule has 5 heteroatoms. The maximum Gasteiger partial charge on any atom is 0.206 e. The van der Waals surface area contributed by atoms with Crippen LogP contribution < -0.4 is 4.74 Å². The van der Waals surface area contributed by atoms with E-state index in [0.717, 1.165) is 31.7 Å². The van der Waals surface area contributed by atoms with Crippen molar-refractivity contribution in [2.75, 3.05) is 0 Å². The second kappa shape index (κ2) is 7.05. The Labute approximate surface area is 134 Å². The molecule has 0 unspecified atom stereocenters. The monoisotopic (exact) mass is 323 g/mol. The van der Waals surface area contributed by atoms with E-state index in [-0.39, 0.29) is 34.4 Å². The van der Waals surface area contributed by atoms with Crippen molar-refractivity contribution in [2.45, 2.75) is 45.1 Å². The van der Waals surface area contributed by atoms with Crippen LogP contribution in [0.4, 0.5) is 4.39 Å². The van der Waals surface area contributed by atoms with Gasteiger partial charge in [-0.05, 0) is 44.2 Å². The quantitative estimate of drug-likeness (QED) is 0.603. The summed E-state index contributed by atoms with van der Waals surface area (Å²) < 4.78 is 19.9. The van der Waals surface area contributed by atoms with Crippen molar-refractivity contribution in [3.8, 4) is 5.75 Å². The Balaban J connectivity index is 2.29. The predicted molar refractivity (Wildman–Crippen MR) is 86.4 cm³/mol. The minimum atomic E-state index is -0.633. The van der Waals surface area contributed by atoms with Crippen LogP contribution >= 0.6 is 11.6 Å². The van der Waals surface area contributed by atoms with Gasteiger partial charge in [0.25, 0.3) is 0 Å². The maximum absolute atomic E-state index is 14.1. The Hall–Kier alpha value is -1.68. The van der Waals surface area contributed by atoms with Gasteiger partial charge in [0.1, 0.15) is 11.6 Å². The molecule has 1 aliphatic rings. The zero-order chi connectivity index (χ0) is 16.3. The summed E-state index contributed by atoms with van der Waals surface area (Å²) in [5, 5.41) is 7.76. The number of benzene rings is 1. The summed E-state index contributed by atoms with van der Waals surface area (Å²) in [7, 11) is 0. The van der Waals surface area contributed by atoms with E-state index in [0.29, 0.717) is 5.75 Å². The van der Waals surface area contributed by atoms with Gasteiger partial charge in [0.15, 0.2) is 0 Å². The van der Waals surface area contributed by atoms with Crippen molar-refractivity contribution in [3.63, 3.8) is 0 Å². The highest BCUT2D eigenvalue weighted by atomic mass is 35.5. The minimum absolute atomic E-state index is 0.0422. The van der Waals surface area contributed by atoms with E-state index >= 15 is 0 Å². The number of hydrogen-bond acceptors (Lipinski definition) is 3. The number of carbonyl (C=O) groups excluding carboxylic acids is 1. The first kappa shape index (κ1) is 16.7. The van der Waals surface area contributed by atoms with Crippen molar-refractivity contribution >= 4 is 28.7 Å². The summed E-state index contributed by atoms with van der Waals surface area (Å²) >= 11 is 6.03. The van der Waals surface area contributed by atoms with Crippen LogP contribution in [0.1, 0.15) is 44.6 Å². The van der Waals surface area contributed by atoms with E-state index in [1.807, 2.05) is 0 Å². The van der Waals surface area contributed by atoms with Crippen LogP contribution in [0, 0.1) is 11.2 Å². The Morgan fingerprint density at radius 1 is 1.45 bits per heavy atom. The smallest absolute Gasteiger partial charge is 0.206 e. The van der Waals surface area contributed by atoms with Crippen LogP contribution in [-0.2, 0) is 4.79 Å². The highest BCUT2D eigenvalue weighted by Crippen LogP contribution is 2.34. The molecule has 1 aromatic carbocycles.